The molecule has 7 nitrogen and oxygen atoms in total. The van der Waals surface area contributed by atoms with Gasteiger partial charge in [0.1, 0.15) is 0 Å². The molecule has 154 valence electrons. The van der Waals surface area contributed by atoms with Crippen molar-refractivity contribution >= 4 is 58.1 Å². The summed E-state index contributed by atoms with van der Waals surface area (Å²) in [6.07, 6.45) is 1.65. The van der Waals surface area contributed by atoms with Crippen LogP contribution in [0, 0.1) is 0 Å². The van der Waals surface area contributed by atoms with Crippen LogP contribution in [0.3, 0.4) is 0 Å². The van der Waals surface area contributed by atoms with Gasteiger partial charge < -0.3 is 9.47 Å². The first-order valence-electron chi connectivity index (χ1n) is 8.75. The van der Waals surface area contributed by atoms with Crippen molar-refractivity contribution in [2.75, 3.05) is 7.05 Å². The second-order valence-corrected chi connectivity index (χ2v) is 7.68. The summed E-state index contributed by atoms with van der Waals surface area (Å²) in [6.45, 7) is 2.49. The Kier molecular flexibility index (Phi) is 6.59. The van der Waals surface area contributed by atoms with E-state index in [9.17, 15) is 14.4 Å². The van der Waals surface area contributed by atoms with E-state index in [1.807, 2.05) is 0 Å². The molecule has 0 spiro atoms. The number of hydrogen-bond donors (Lipinski definition) is 0. The van der Waals surface area contributed by atoms with Crippen molar-refractivity contribution in [2.24, 2.45) is 4.99 Å². The molecule has 3 rings (SSSR count). The minimum absolute atomic E-state index is 0.0888. The lowest BCUT2D eigenvalue weighted by atomic mass is 10.2. The number of hydrogen-bond acceptors (Lipinski definition) is 7. The average molecular weight is 445 g/mol. The van der Waals surface area contributed by atoms with Crippen molar-refractivity contribution < 1.29 is 23.9 Å². The fraction of sp³-hybridized carbons (Fsp3) is 0.143. The third-order valence-corrected chi connectivity index (χ3v) is 5.14. The topological polar surface area (TPSA) is 85.3 Å². The van der Waals surface area contributed by atoms with Crippen molar-refractivity contribution in [3.05, 3.63) is 58.0 Å². The van der Waals surface area contributed by atoms with Crippen LogP contribution >= 0.6 is 23.4 Å². The highest BCUT2D eigenvalue weighted by atomic mass is 35.5. The first-order valence-corrected chi connectivity index (χ1v) is 9.95. The van der Waals surface area contributed by atoms with Crippen LogP contribution in [0.5, 0.6) is 11.5 Å². The molecule has 1 heterocycles. The summed E-state index contributed by atoms with van der Waals surface area (Å²) >= 11 is 7.11. The van der Waals surface area contributed by atoms with Crippen LogP contribution in [0.4, 0.5) is 5.69 Å². The lowest BCUT2D eigenvalue weighted by Crippen LogP contribution is -2.23. The van der Waals surface area contributed by atoms with Gasteiger partial charge >= 0.3 is 11.9 Å². The number of amides is 1. The van der Waals surface area contributed by atoms with Crippen molar-refractivity contribution in [1.29, 1.82) is 0 Å². The maximum absolute atomic E-state index is 12.6. The molecule has 0 atom stereocenters. The first-order chi connectivity index (χ1) is 14.2. The number of rotatable bonds is 4. The van der Waals surface area contributed by atoms with Crippen LogP contribution < -0.4 is 9.47 Å². The van der Waals surface area contributed by atoms with Crippen molar-refractivity contribution in [3.8, 4) is 11.5 Å². The van der Waals surface area contributed by atoms with E-state index in [1.54, 1.807) is 43.5 Å². The molecule has 1 aliphatic rings. The number of carbonyl (C=O) groups excluding carboxylic acids is 3. The van der Waals surface area contributed by atoms with Gasteiger partial charge in [-0.2, -0.15) is 0 Å². The lowest BCUT2D eigenvalue weighted by Gasteiger charge is -2.09. The molecule has 1 fully saturated rings. The van der Waals surface area contributed by atoms with E-state index in [4.69, 9.17) is 21.1 Å². The summed E-state index contributed by atoms with van der Waals surface area (Å²) < 4.78 is 10.2. The Balaban J connectivity index is 1.90. The normalized spacial score (nSPS) is 16.3. The zero-order chi connectivity index (χ0) is 21.8. The molecule has 1 aliphatic heterocycles. The van der Waals surface area contributed by atoms with E-state index in [0.29, 0.717) is 26.3 Å². The molecule has 1 saturated heterocycles. The molecule has 0 radical (unpaired) electrons. The highest BCUT2D eigenvalue weighted by Gasteiger charge is 2.30. The minimum Gasteiger partial charge on any atom is -0.423 e. The molecule has 1 amide bonds. The monoisotopic (exact) mass is 444 g/mol. The zero-order valence-corrected chi connectivity index (χ0v) is 17.9. The molecular weight excluding hydrogens is 428 g/mol. The second-order valence-electron chi connectivity index (χ2n) is 6.24. The fourth-order valence-corrected chi connectivity index (χ4v) is 3.63. The van der Waals surface area contributed by atoms with E-state index in [-0.39, 0.29) is 17.4 Å². The molecule has 0 aliphatic carbocycles. The molecule has 0 bridgehead atoms. The number of aliphatic imine (C=N–C) groups is 1. The van der Waals surface area contributed by atoms with Gasteiger partial charge in [-0.1, -0.05) is 17.7 Å². The van der Waals surface area contributed by atoms with Gasteiger partial charge in [0.25, 0.3) is 5.91 Å². The molecule has 0 saturated carbocycles. The number of amidine groups is 1. The van der Waals surface area contributed by atoms with Crippen LogP contribution in [0.1, 0.15) is 19.4 Å². The summed E-state index contributed by atoms with van der Waals surface area (Å²) in [6, 6.07) is 11.6. The molecule has 9 heteroatoms. The number of likely N-dealkylation sites (N-methyl/N-ethyl adjacent to an activating group) is 1. The predicted molar refractivity (Wildman–Crippen MR) is 116 cm³/mol. The van der Waals surface area contributed by atoms with Crippen LogP contribution in [0.2, 0.25) is 5.02 Å². The highest BCUT2D eigenvalue weighted by molar-refractivity contribution is 8.18. The summed E-state index contributed by atoms with van der Waals surface area (Å²) in [7, 11) is 1.64. The molecular formula is C21H17ClN2O5S. The van der Waals surface area contributed by atoms with Gasteiger partial charge in [0.15, 0.2) is 16.7 Å². The first kappa shape index (κ1) is 21.6. The highest BCUT2D eigenvalue weighted by Crippen LogP contribution is 2.35. The van der Waals surface area contributed by atoms with Crippen molar-refractivity contribution in [1.82, 2.24) is 4.90 Å². The minimum atomic E-state index is -0.559. The Morgan fingerprint density at radius 3 is 2.30 bits per heavy atom. The Hall–Kier alpha value is -3.10. The number of nitrogens with zero attached hydrogens (tertiary/aromatic N) is 2. The zero-order valence-electron chi connectivity index (χ0n) is 16.3. The molecule has 0 N–H and O–H groups in total. The Morgan fingerprint density at radius 2 is 1.67 bits per heavy atom. The van der Waals surface area contributed by atoms with Gasteiger partial charge in [0.2, 0.25) is 0 Å². The van der Waals surface area contributed by atoms with Crippen molar-refractivity contribution in [2.45, 2.75) is 13.8 Å². The maximum Gasteiger partial charge on any atom is 0.308 e. The van der Waals surface area contributed by atoms with Gasteiger partial charge in [0, 0.05) is 25.9 Å². The third-order valence-electron chi connectivity index (χ3n) is 3.83. The number of thioether (sulfide) groups is 1. The van der Waals surface area contributed by atoms with Crippen LogP contribution in [-0.4, -0.2) is 35.0 Å². The van der Waals surface area contributed by atoms with Crippen LogP contribution in [-0.2, 0) is 14.4 Å². The number of esters is 2. The smallest absolute Gasteiger partial charge is 0.308 e. The molecule has 2 aromatic carbocycles. The van der Waals surface area contributed by atoms with Gasteiger partial charge in [-0.3, -0.25) is 19.3 Å². The molecule has 0 aromatic heterocycles. The summed E-state index contributed by atoms with van der Waals surface area (Å²) in [5, 5.41) is 1.12. The van der Waals surface area contributed by atoms with E-state index in [2.05, 4.69) is 4.99 Å². The van der Waals surface area contributed by atoms with Gasteiger partial charge in [-0.25, -0.2) is 4.99 Å². The summed E-state index contributed by atoms with van der Waals surface area (Å²) in [5.41, 5.74) is 1.27. The average Bonchev–Trinajstić information content (AvgIpc) is 2.93. The second kappa shape index (κ2) is 9.15. The fourth-order valence-electron chi connectivity index (χ4n) is 2.52. The van der Waals surface area contributed by atoms with E-state index in [1.165, 1.54) is 42.6 Å². The van der Waals surface area contributed by atoms with E-state index >= 15 is 0 Å². The number of halogens is 1. The van der Waals surface area contributed by atoms with E-state index in [0.717, 1.165) is 0 Å². The Labute approximate surface area is 182 Å². The molecule has 0 unspecified atom stereocenters. The van der Waals surface area contributed by atoms with E-state index < -0.39 is 11.9 Å². The number of carbonyl (C=O) groups is 3. The van der Waals surface area contributed by atoms with Crippen molar-refractivity contribution in [3.63, 3.8) is 0 Å². The Morgan fingerprint density at radius 1 is 1.03 bits per heavy atom. The standard InChI is InChI=1S/C21H17ClN2O5S/c1-12(25)28-17-9-4-14(10-18(17)29-13(2)26)11-19-20(27)24(3)21(30-19)23-16-7-5-15(22)6-8-16/h4-11H,1-3H3/b19-11-,23-21?. The summed E-state index contributed by atoms with van der Waals surface area (Å²) in [4.78, 5) is 41.6. The predicted octanol–water partition coefficient (Wildman–Crippen LogP) is 4.42. The molecule has 2 aromatic rings. The largest absolute Gasteiger partial charge is 0.423 e. The SMILES string of the molecule is CC(=O)Oc1ccc(/C=C2\SC(=Nc3ccc(Cl)cc3)N(C)C2=O)cc1OC(C)=O. The quantitative estimate of drug-likeness (QED) is 0.394. The summed E-state index contributed by atoms with van der Waals surface area (Å²) in [5.74, 6) is -1.11. The number of benzene rings is 2. The third kappa shape index (κ3) is 5.28. The Bertz CT molecular complexity index is 1080. The van der Waals surface area contributed by atoms with Crippen LogP contribution in [0.25, 0.3) is 6.08 Å². The molecule has 30 heavy (non-hydrogen) atoms. The lowest BCUT2D eigenvalue weighted by molar-refractivity contribution is -0.134. The van der Waals surface area contributed by atoms with Gasteiger partial charge in [-0.05, 0) is 59.8 Å². The van der Waals surface area contributed by atoms with Gasteiger partial charge in [-0.15, -0.1) is 0 Å². The maximum atomic E-state index is 12.6. The van der Waals surface area contributed by atoms with Crippen LogP contribution in [0.15, 0.2) is 52.4 Å². The number of ether oxygens (including phenoxy) is 2. The van der Waals surface area contributed by atoms with Gasteiger partial charge in [0.05, 0.1) is 10.6 Å².